The summed E-state index contributed by atoms with van der Waals surface area (Å²) >= 11 is 0. The Morgan fingerprint density at radius 3 is 2.20 bits per heavy atom. The van der Waals surface area contributed by atoms with Gasteiger partial charge in [-0.05, 0) is 12.6 Å². The number of nitrogens with one attached hydrogen (secondary N) is 1. The highest BCUT2D eigenvalue weighted by molar-refractivity contribution is 5.36. The van der Waals surface area contributed by atoms with Crippen LogP contribution in [0.4, 0.5) is 26.3 Å². The molecule has 20 heavy (non-hydrogen) atoms. The highest BCUT2D eigenvalue weighted by Gasteiger charge is 2.36. The van der Waals surface area contributed by atoms with Crippen LogP contribution in [0.5, 0.6) is 5.75 Å². The second-order valence-corrected chi connectivity index (χ2v) is 4.02. The lowest BCUT2D eigenvalue weighted by Gasteiger charge is -2.22. The van der Waals surface area contributed by atoms with Crippen LogP contribution in [0, 0.1) is 0 Å². The quantitative estimate of drug-likeness (QED) is 0.823. The number of alkyl halides is 6. The Morgan fingerprint density at radius 1 is 1.10 bits per heavy atom. The lowest BCUT2D eigenvalue weighted by molar-refractivity contribution is -0.275. The predicted molar refractivity (Wildman–Crippen MR) is 60.2 cm³/mol. The molecule has 0 aromatic heterocycles. The lowest BCUT2D eigenvalue weighted by atomic mass is 10.0. The molecular weight excluding hydrogens is 288 g/mol. The predicted octanol–water partition coefficient (Wildman–Crippen LogP) is 4.19. The molecule has 114 valence electrons. The van der Waals surface area contributed by atoms with Crippen LogP contribution in [0.15, 0.2) is 24.3 Å². The number of halogens is 6. The van der Waals surface area contributed by atoms with Gasteiger partial charge in [0.2, 0.25) is 0 Å². The number of rotatable bonds is 5. The fraction of sp³-hybridized carbons (Fsp3) is 0.500. The average molecular weight is 301 g/mol. The van der Waals surface area contributed by atoms with Crippen LogP contribution in [0.1, 0.15) is 24.9 Å². The molecule has 0 amide bonds. The zero-order valence-corrected chi connectivity index (χ0v) is 10.5. The van der Waals surface area contributed by atoms with Crippen molar-refractivity contribution in [1.82, 2.24) is 5.32 Å². The molecule has 0 saturated heterocycles. The summed E-state index contributed by atoms with van der Waals surface area (Å²) in [5, 5.41) is 2.51. The molecule has 0 aliphatic carbocycles. The summed E-state index contributed by atoms with van der Waals surface area (Å²) in [5.74, 6) is -0.629. The summed E-state index contributed by atoms with van der Waals surface area (Å²) in [7, 11) is 0. The van der Waals surface area contributed by atoms with E-state index < -0.39 is 30.8 Å². The monoisotopic (exact) mass is 301 g/mol. The Labute approximate surface area is 111 Å². The van der Waals surface area contributed by atoms with E-state index in [1.165, 1.54) is 18.2 Å². The van der Waals surface area contributed by atoms with E-state index in [-0.39, 0.29) is 12.1 Å². The van der Waals surface area contributed by atoms with Gasteiger partial charge in [-0.25, -0.2) is 0 Å². The standard InChI is InChI=1S/C12H13F6NO/c1-2-19-9(7-11(13,14)15)8-5-3-4-6-10(8)20-12(16,17)18/h3-6,9,19H,2,7H2,1H3. The van der Waals surface area contributed by atoms with Crippen molar-refractivity contribution in [3.8, 4) is 5.75 Å². The van der Waals surface area contributed by atoms with Crippen LogP contribution >= 0.6 is 0 Å². The third-order valence-corrected chi connectivity index (χ3v) is 2.41. The van der Waals surface area contributed by atoms with E-state index in [0.717, 1.165) is 6.07 Å². The topological polar surface area (TPSA) is 21.3 Å². The molecule has 1 aromatic rings. The van der Waals surface area contributed by atoms with Crippen molar-refractivity contribution in [2.45, 2.75) is 31.9 Å². The first-order chi connectivity index (χ1) is 9.12. The van der Waals surface area contributed by atoms with Gasteiger partial charge in [0.1, 0.15) is 5.75 Å². The Kier molecular flexibility index (Phi) is 5.27. The van der Waals surface area contributed by atoms with Gasteiger partial charge >= 0.3 is 12.5 Å². The van der Waals surface area contributed by atoms with Gasteiger partial charge in [0.15, 0.2) is 0 Å². The Morgan fingerprint density at radius 2 is 1.70 bits per heavy atom. The van der Waals surface area contributed by atoms with Crippen molar-refractivity contribution in [2.24, 2.45) is 0 Å². The molecule has 0 spiro atoms. The third kappa shape index (κ3) is 5.68. The minimum Gasteiger partial charge on any atom is -0.405 e. The second-order valence-electron chi connectivity index (χ2n) is 4.02. The first-order valence-electron chi connectivity index (χ1n) is 5.77. The molecule has 1 unspecified atom stereocenters. The molecule has 1 aromatic carbocycles. The van der Waals surface area contributed by atoms with Gasteiger partial charge in [-0.2, -0.15) is 13.2 Å². The van der Waals surface area contributed by atoms with Gasteiger partial charge in [0, 0.05) is 11.6 Å². The van der Waals surface area contributed by atoms with E-state index in [9.17, 15) is 26.3 Å². The van der Waals surface area contributed by atoms with Gasteiger partial charge in [-0.15, -0.1) is 13.2 Å². The minimum atomic E-state index is -4.95. The molecule has 0 bridgehead atoms. The summed E-state index contributed by atoms with van der Waals surface area (Å²) in [6.45, 7) is 1.75. The molecule has 2 nitrogen and oxygen atoms in total. The van der Waals surface area contributed by atoms with Crippen molar-refractivity contribution < 1.29 is 31.1 Å². The Bertz CT molecular complexity index is 429. The van der Waals surface area contributed by atoms with E-state index in [4.69, 9.17) is 0 Å². The van der Waals surface area contributed by atoms with Gasteiger partial charge in [-0.1, -0.05) is 25.1 Å². The van der Waals surface area contributed by atoms with Gasteiger partial charge in [0.25, 0.3) is 0 Å². The maximum absolute atomic E-state index is 12.5. The summed E-state index contributed by atoms with van der Waals surface area (Å²) < 4.78 is 77.9. The Hall–Kier alpha value is -1.44. The van der Waals surface area contributed by atoms with Crippen molar-refractivity contribution in [2.75, 3.05) is 6.54 Å². The van der Waals surface area contributed by atoms with Crippen molar-refractivity contribution in [3.63, 3.8) is 0 Å². The molecule has 0 heterocycles. The first kappa shape index (κ1) is 16.6. The zero-order valence-electron chi connectivity index (χ0n) is 10.5. The number of hydrogen-bond donors (Lipinski definition) is 1. The SMILES string of the molecule is CCNC(CC(F)(F)F)c1ccccc1OC(F)(F)F. The van der Waals surface area contributed by atoms with E-state index in [2.05, 4.69) is 10.1 Å². The van der Waals surface area contributed by atoms with Crippen LogP contribution < -0.4 is 10.1 Å². The molecule has 0 fully saturated rings. The molecule has 0 aliphatic heterocycles. The molecule has 8 heteroatoms. The van der Waals surface area contributed by atoms with Crippen molar-refractivity contribution in [3.05, 3.63) is 29.8 Å². The summed E-state index contributed by atoms with van der Waals surface area (Å²) in [6, 6.07) is 3.50. The van der Waals surface area contributed by atoms with Crippen LogP contribution in [0.2, 0.25) is 0 Å². The van der Waals surface area contributed by atoms with E-state index >= 15 is 0 Å². The maximum atomic E-state index is 12.5. The lowest BCUT2D eigenvalue weighted by Crippen LogP contribution is -2.28. The molecular formula is C12H13F6NO. The van der Waals surface area contributed by atoms with Crippen molar-refractivity contribution >= 4 is 0 Å². The highest BCUT2D eigenvalue weighted by Crippen LogP contribution is 2.35. The number of benzene rings is 1. The van der Waals surface area contributed by atoms with E-state index in [0.29, 0.717) is 0 Å². The van der Waals surface area contributed by atoms with Gasteiger partial charge < -0.3 is 10.1 Å². The zero-order chi connectivity index (χ0) is 15.4. The second kappa shape index (κ2) is 6.34. The summed E-state index contributed by atoms with van der Waals surface area (Å²) in [4.78, 5) is 0. The van der Waals surface area contributed by atoms with Crippen molar-refractivity contribution in [1.29, 1.82) is 0 Å². The van der Waals surface area contributed by atoms with Crippen LogP contribution in [0.3, 0.4) is 0 Å². The summed E-state index contributed by atoms with van der Waals surface area (Å²) in [6.07, 6.45) is -10.7. The third-order valence-electron chi connectivity index (χ3n) is 2.41. The number of ether oxygens (including phenoxy) is 1. The van der Waals surface area contributed by atoms with Crippen LogP contribution in [0.25, 0.3) is 0 Å². The maximum Gasteiger partial charge on any atom is 0.573 e. The molecule has 0 saturated carbocycles. The molecule has 0 aliphatic rings. The Balaban J connectivity index is 3.06. The minimum absolute atomic E-state index is 0.177. The molecule has 0 radical (unpaired) electrons. The first-order valence-corrected chi connectivity index (χ1v) is 5.77. The largest absolute Gasteiger partial charge is 0.573 e. The van der Waals surface area contributed by atoms with E-state index in [1.807, 2.05) is 0 Å². The van der Waals surface area contributed by atoms with Gasteiger partial charge in [-0.3, -0.25) is 0 Å². The molecule has 1 rings (SSSR count). The normalized spacial score (nSPS) is 14.2. The number of para-hydroxylation sites is 1. The smallest absolute Gasteiger partial charge is 0.405 e. The summed E-state index contributed by atoms with van der Waals surface area (Å²) in [5.41, 5.74) is -0.177. The molecule has 1 N–H and O–H groups in total. The fourth-order valence-electron chi connectivity index (χ4n) is 1.76. The van der Waals surface area contributed by atoms with Gasteiger partial charge in [0.05, 0.1) is 6.42 Å². The van der Waals surface area contributed by atoms with Crippen LogP contribution in [-0.4, -0.2) is 19.1 Å². The molecule has 1 atom stereocenters. The van der Waals surface area contributed by atoms with E-state index in [1.54, 1.807) is 6.92 Å². The highest BCUT2D eigenvalue weighted by atomic mass is 19.4. The van der Waals surface area contributed by atoms with Crippen LogP contribution in [-0.2, 0) is 0 Å². The fourth-order valence-corrected chi connectivity index (χ4v) is 1.76. The number of hydrogen-bond acceptors (Lipinski definition) is 2. The average Bonchev–Trinajstić information content (AvgIpc) is 2.25.